The molecule has 0 spiro atoms. The van der Waals surface area contributed by atoms with E-state index in [-0.39, 0.29) is 35.2 Å². The summed E-state index contributed by atoms with van der Waals surface area (Å²) in [6.45, 7) is 0. The summed E-state index contributed by atoms with van der Waals surface area (Å²) in [6.07, 6.45) is -4.42. The van der Waals surface area contributed by atoms with E-state index in [1.165, 1.54) is 36.7 Å². The van der Waals surface area contributed by atoms with Crippen LogP contribution in [0.25, 0.3) is 16.9 Å². The lowest BCUT2D eigenvalue weighted by Gasteiger charge is -2.23. The van der Waals surface area contributed by atoms with Gasteiger partial charge in [0, 0.05) is 17.2 Å². The molecule has 0 fully saturated rings. The SMILES string of the molecule is Nc1nc(OC(c2ccccc2-n2nccn2)C(F)(F)F)cc(-c2ccc(C[C@H](N)C(=O)O)cc2)n1. The number of hydrogen-bond donors (Lipinski definition) is 3. The lowest BCUT2D eigenvalue weighted by atomic mass is 10.0. The Bertz CT molecular complexity index is 1350. The number of aromatic nitrogens is 5. The fourth-order valence-electron chi connectivity index (χ4n) is 3.46. The molecule has 0 saturated heterocycles. The molecule has 0 aliphatic carbocycles. The van der Waals surface area contributed by atoms with Gasteiger partial charge in [-0.15, -0.1) is 0 Å². The van der Waals surface area contributed by atoms with Crippen molar-refractivity contribution >= 4 is 11.9 Å². The molecule has 2 aromatic heterocycles. The van der Waals surface area contributed by atoms with Crippen molar-refractivity contribution in [1.82, 2.24) is 25.0 Å². The molecule has 10 nitrogen and oxygen atoms in total. The van der Waals surface area contributed by atoms with Gasteiger partial charge in [-0.05, 0) is 18.1 Å². The Morgan fingerprint density at radius 1 is 1.06 bits per heavy atom. The molecule has 1 unspecified atom stereocenters. The molecule has 0 aliphatic rings. The highest BCUT2D eigenvalue weighted by Crippen LogP contribution is 2.39. The van der Waals surface area contributed by atoms with E-state index in [0.29, 0.717) is 11.1 Å². The summed E-state index contributed by atoms with van der Waals surface area (Å²) in [7, 11) is 0. The van der Waals surface area contributed by atoms with Crippen molar-refractivity contribution in [2.45, 2.75) is 24.7 Å². The van der Waals surface area contributed by atoms with Crippen molar-refractivity contribution in [3.63, 3.8) is 0 Å². The molecule has 5 N–H and O–H groups in total. The van der Waals surface area contributed by atoms with Gasteiger partial charge in [-0.1, -0.05) is 42.5 Å². The highest BCUT2D eigenvalue weighted by molar-refractivity contribution is 5.73. The number of nitrogens with two attached hydrogens (primary N) is 2. The first kappa shape index (κ1) is 24.6. The van der Waals surface area contributed by atoms with Gasteiger partial charge in [-0.25, -0.2) is 4.98 Å². The topological polar surface area (TPSA) is 155 Å². The van der Waals surface area contributed by atoms with Crippen molar-refractivity contribution in [2.75, 3.05) is 5.73 Å². The van der Waals surface area contributed by atoms with Crippen molar-refractivity contribution in [3.05, 3.63) is 78.1 Å². The molecule has 2 atom stereocenters. The van der Waals surface area contributed by atoms with Gasteiger partial charge in [0.1, 0.15) is 6.04 Å². The summed E-state index contributed by atoms with van der Waals surface area (Å²) in [5.41, 5.74) is 12.6. The van der Waals surface area contributed by atoms with Crippen LogP contribution in [0, 0.1) is 0 Å². The van der Waals surface area contributed by atoms with E-state index in [1.807, 2.05) is 0 Å². The molecule has 36 heavy (non-hydrogen) atoms. The number of para-hydroxylation sites is 1. The number of nitrogens with zero attached hydrogens (tertiary/aromatic N) is 5. The Hall–Kier alpha value is -4.52. The lowest BCUT2D eigenvalue weighted by molar-refractivity contribution is -0.198. The third kappa shape index (κ3) is 5.58. The van der Waals surface area contributed by atoms with Crippen LogP contribution >= 0.6 is 0 Å². The Kier molecular flexibility index (Phi) is 6.83. The fraction of sp³-hybridized carbons (Fsp3) is 0.174. The van der Waals surface area contributed by atoms with E-state index in [1.54, 1.807) is 30.3 Å². The van der Waals surface area contributed by atoms with Gasteiger partial charge >= 0.3 is 12.1 Å². The number of carboxylic acid groups (broad SMARTS) is 1. The molecule has 2 aromatic carbocycles. The quantitative estimate of drug-likeness (QED) is 0.332. The summed E-state index contributed by atoms with van der Waals surface area (Å²) in [4.78, 5) is 19.9. The number of carboxylic acids is 1. The van der Waals surface area contributed by atoms with Crippen molar-refractivity contribution < 1.29 is 27.8 Å². The standard InChI is InChI=1S/C23H20F3N7O3/c24-23(25,26)20(15-3-1-2-4-18(15)33-29-9-10-30-33)36-19-12-17(31-22(28)32-19)14-7-5-13(6-8-14)11-16(27)21(34)35/h1-10,12,16,20H,11,27H2,(H,34,35)(H2,28,31,32)/t16-,20?/m0/s1. The minimum Gasteiger partial charge on any atom is -0.480 e. The third-order valence-electron chi connectivity index (χ3n) is 5.13. The zero-order chi connectivity index (χ0) is 25.9. The Balaban J connectivity index is 1.65. The average molecular weight is 499 g/mol. The normalized spacial score (nSPS) is 13.2. The van der Waals surface area contributed by atoms with Crippen LogP contribution in [0.3, 0.4) is 0 Å². The molecule has 0 bridgehead atoms. The zero-order valence-corrected chi connectivity index (χ0v) is 18.5. The van der Waals surface area contributed by atoms with E-state index < -0.39 is 24.3 Å². The number of aliphatic carboxylic acids is 1. The molecule has 0 saturated carbocycles. The van der Waals surface area contributed by atoms with Crippen LogP contribution in [-0.2, 0) is 11.2 Å². The molecular weight excluding hydrogens is 479 g/mol. The third-order valence-corrected chi connectivity index (χ3v) is 5.13. The minimum absolute atomic E-state index is 0.0854. The summed E-state index contributed by atoms with van der Waals surface area (Å²) in [5, 5.41) is 16.8. The molecule has 2 heterocycles. The van der Waals surface area contributed by atoms with Gasteiger partial charge in [0.2, 0.25) is 17.9 Å². The van der Waals surface area contributed by atoms with Gasteiger partial charge in [0.05, 0.1) is 23.8 Å². The second kappa shape index (κ2) is 10.00. The van der Waals surface area contributed by atoms with Gasteiger partial charge in [0.15, 0.2) is 0 Å². The number of benzene rings is 2. The van der Waals surface area contributed by atoms with Crippen LogP contribution in [0.5, 0.6) is 5.88 Å². The summed E-state index contributed by atoms with van der Waals surface area (Å²) >= 11 is 0. The van der Waals surface area contributed by atoms with Crippen LogP contribution in [0.15, 0.2) is 67.0 Å². The van der Waals surface area contributed by atoms with Gasteiger partial charge in [-0.2, -0.15) is 33.1 Å². The predicted molar refractivity (Wildman–Crippen MR) is 122 cm³/mol. The molecule has 4 aromatic rings. The van der Waals surface area contributed by atoms with E-state index in [2.05, 4.69) is 20.2 Å². The van der Waals surface area contributed by atoms with Crippen molar-refractivity contribution in [3.8, 4) is 22.8 Å². The van der Waals surface area contributed by atoms with Crippen LogP contribution < -0.4 is 16.2 Å². The second-order valence-electron chi connectivity index (χ2n) is 7.71. The van der Waals surface area contributed by atoms with Gasteiger partial charge < -0.3 is 21.3 Å². The Morgan fingerprint density at radius 2 is 1.72 bits per heavy atom. The largest absolute Gasteiger partial charge is 0.480 e. The number of halogens is 3. The number of alkyl halides is 3. The first-order chi connectivity index (χ1) is 17.1. The highest BCUT2D eigenvalue weighted by atomic mass is 19.4. The maximum absolute atomic E-state index is 14.1. The number of ether oxygens (including phenoxy) is 1. The maximum atomic E-state index is 14.1. The van der Waals surface area contributed by atoms with E-state index in [0.717, 1.165) is 4.80 Å². The summed E-state index contributed by atoms with van der Waals surface area (Å²) in [5.74, 6) is -1.81. The Labute approximate surface area is 202 Å². The van der Waals surface area contributed by atoms with Crippen LogP contribution in [0.1, 0.15) is 17.2 Å². The molecule has 0 amide bonds. The predicted octanol–water partition coefficient (Wildman–Crippen LogP) is 2.94. The molecule has 0 aliphatic heterocycles. The van der Waals surface area contributed by atoms with E-state index >= 15 is 0 Å². The number of nitrogen functional groups attached to an aromatic ring is 1. The smallest absolute Gasteiger partial charge is 0.429 e. The lowest BCUT2D eigenvalue weighted by Crippen LogP contribution is -2.32. The minimum atomic E-state index is -4.81. The van der Waals surface area contributed by atoms with E-state index in [9.17, 15) is 18.0 Å². The fourth-order valence-corrected chi connectivity index (χ4v) is 3.46. The summed E-state index contributed by atoms with van der Waals surface area (Å²) < 4.78 is 47.8. The Morgan fingerprint density at radius 3 is 2.36 bits per heavy atom. The average Bonchev–Trinajstić information content (AvgIpc) is 3.37. The first-order valence-electron chi connectivity index (χ1n) is 10.5. The molecule has 13 heteroatoms. The maximum Gasteiger partial charge on any atom is 0.429 e. The van der Waals surface area contributed by atoms with Crippen LogP contribution in [0.2, 0.25) is 0 Å². The highest BCUT2D eigenvalue weighted by Gasteiger charge is 2.45. The molecular formula is C23H20F3N7O3. The molecule has 0 radical (unpaired) electrons. The van der Waals surface area contributed by atoms with Gasteiger partial charge in [0.25, 0.3) is 0 Å². The number of carbonyl (C=O) groups is 1. The zero-order valence-electron chi connectivity index (χ0n) is 18.5. The number of rotatable bonds is 8. The molecule has 186 valence electrons. The van der Waals surface area contributed by atoms with E-state index in [4.69, 9.17) is 21.3 Å². The van der Waals surface area contributed by atoms with Crippen LogP contribution in [0.4, 0.5) is 19.1 Å². The monoisotopic (exact) mass is 499 g/mol. The first-order valence-corrected chi connectivity index (χ1v) is 10.5. The summed E-state index contributed by atoms with van der Waals surface area (Å²) in [6, 6.07) is 12.4. The van der Waals surface area contributed by atoms with Gasteiger partial charge in [-0.3, -0.25) is 4.79 Å². The van der Waals surface area contributed by atoms with Crippen molar-refractivity contribution in [2.24, 2.45) is 5.73 Å². The molecule has 4 rings (SSSR count). The van der Waals surface area contributed by atoms with Crippen molar-refractivity contribution in [1.29, 1.82) is 0 Å². The van der Waals surface area contributed by atoms with Crippen LogP contribution in [-0.4, -0.2) is 48.3 Å². The second-order valence-corrected chi connectivity index (χ2v) is 7.71. The number of anilines is 1. The number of hydrogen-bond acceptors (Lipinski definition) is 8.